The van der Waals surface area contributed by atoms with Crippen molar-refractivity contribution >= 4 is 22.8 Å². The summed E-state index contributed by atoms with van der Waals surface area (Å²) in [4.78, 5) is 37.2. The SMILES string of the molecule is CCc1cc(=O)oc2cc(OCC(=O)N3C[C@@H]4C[C@H]3C(=O)N4)ccc12. The van der Waals surface area contributed by atoms with E-state index < -0.39 is 5.63 Å². The molecule has 0 radical (unpaired) electrons. The van der Waals surface area contributed by atoms with E-state index in [2.05, 4.69) is 5.32 Å². The molecule has 25 heavy (non-hydrogen) atoms. The summed E-state index contributed by atoms with van der Waals surface area (Å²) in [6, 6.07) is 6.36. The normalized spacial score (nSPS) is 21.6. The highest BCUT2D eigenvalue weighted by Crippen LogP contribution is 2.25. The number of nitrogens with one attached hydrogen (secondary N) is 1. The van der Waals surface area contributed by atoms with Crippen molar-refractivity contribution in [2.24, 2.45) is 0 Å². The third-order valence-electron chi connectivity index (χ3n) is 4.82. The number of carbonyl (C=O) groups excluding carboxylic acids is 2. The number of fused-ring (bicyclic) bond motifs is 3. The van der Waals surface area contributed by atoms with Crippen molar-refractivity contribution in [1.29, 1.82) is 0 Å². The van der Waals surface area contributed by atoms with Gasteiger partial charge in [-0.05, 0) is 30.5 Å². The van der Waals surface area contributed by atoms with Gasteiger partial charge in [-0.3, -0.25) is 9.59 Å². The van der Waals surface area contributed by atoms with E-state index in [4.69, 9.17) is 9.15 Å². The molecule has 3 heterocycles. The monoisotopic (exact) mass is 342 g/mol. The van der Waals surface area contributed by atoms with Gasteiger partial charge in [-0.25, -0.2) is 4.79 Å². The largest absolute Gasteiger partial charge is 0.484 e. The first-order chi connectivity index (χ1) is 12.0. The predicted octanol–water partition coefficient (Wildman–Crippen LogP) is 0.833. The highest BCUT2D eigenvalue weighted by molar-refractivity contribution is 5.91. The van der Waals surface area contributed by atoms with Gasteiger partial charge in [-0.2, -0.15) is 0 Å². The van der Waals surface area contributed by atoms with Crippen LogP contribution in [0.15, 0.2) is 33.5 Å². The molecule has 2 amide bonds. The second-order valence-electron chi connectivity index (χ2n) is 6.39. The Bertz CT molecular complexity index is 919. The van der Waals surface area contributed by atoms with Crippen LogP contribution in [0.25, 0.3) is 11.0 Å². The van der Waals surface area contributed by atoms with E-state index in [-0.39, 0.29) is 30.5 Å². The molecular weight excluding hydrogens is 324 g/mol. The molecule has 1 aromatic heterocycles. The molecule has 7 heteroatoms. The lowest BCUT2D eigenvalue weighted by molar-refractivity contribution is -0.141. The van der Waals surface area contributed by atoms with Crippen molar-refractivity contribution in [2.45, 2.75) is 31.8 Å². The molecule has 2 aliphatic heterocycles. The fraction of sp³-hybridized carbons (Fsp3) is 0.389. The zero-order valence-electron chi connectivity index (χ0n) is 13.8. The summed E-state index contributed by atoms with van der Waals surface area (Å²) in [5.41, 5.74) is 0.943. The van der Waals surface area contributed by atoms with Crippen molar-refractivity contribution in [2.75, 3.05) is 13.2 Å². The van der Waals surface area contributed by atoms with Gasteiger partial charge in [0.1, 0.15) is 17.4 Å². The van der Waals surface area contributed by atoms with Gasteiger partial charge in [-0.15, -0.1) is 0 Å². The lowest BCUT2D eigenvalue weighted by Crippen LogP contribution is -2.51. The van der Waals surface area contributed by atoms with E-state index in [9.17, 15) is 14.4 Å². The molecule has 0 unspecified atom stereocenters. The molecule has 0 saturated carbocycles. The number of aryl methyl sites for hydroxylation is 1. The van der Waals surface area contributed by atoms with Gasteiger partial charge in [-0.1, -0.05) is 6.92 Å². The molecule has 2 bridgehead atoms. The number of benzene rings is 1. The summed E-state index contributed by atoms with van der Waals surface area (Å²) in [5, 5.41) is 3.69. The van der Waals surface area contributed by atoms with Crippen molar-refractivity contribution in [3.63, 3.8) is 0 Å². The lowest BCUT2D eigenvalue weighted by atomic mass is 10.1. The van der Waals surface area contributed by atoms with E-state index in [1.165, 1.54) is 6.07 Å². The topological polar surface area (TPSA) is 88.8 Å². The van der Waals surface area contributed by atoms with E-state index in [1.807, 2.05) is 13.0 Å². The quantitative estimate of drug-likeness (QED) is 0.832. The molecule has 1 aromatic carbocycles. The van der Waals surface area contributed by atoms with Crippen molar-refractivity contribution in [3.8, 4) is 5.75 Å². The van der Waals surface area contributed by atoms with Crippen LogP contribution >= 0.6 is 0 Å². The summed E-state index contributed by atoms with van der Waals surface area (Å²) in [7, 11) is 0. The number of hydrogen-bond donors (Lipinski definition) is 1. The number of likely N-dealkylation sites (tertiary alicyclic amines) is 1. The van der Waals surface area contributed by atoms with Crippen molar-refractivity contribution < 1.29 is 18.7 Å². The number of hydrogen-bond acceptors (Lipinski definition) is 5. The maximum absolute atomic E-state index is 12.3. The Hall–Kier alpha value is -2.83. The Kier molecular flexibility index (Phi) is 3.71. The second kappa shape index (κ2) is 5.91. The number of amides is 2. The van der Waals surface area contributed by atoms with Crippen LogP contribution in [0.1, 0.15) is 18.9 Å². The van der Waals surface area contributed by atoms with Crippen molar-refractivity contribution in [3.05, 3.63) is 40.2 Å². The summed E-state index contributed by atoms with van der Waals surface area (Å²) >= 11 is 0. The molecule has 2 aromatic rings. The maximum atomic E-state index is 12.3. The summed E-state index contributed by atoms with van der Waals surface area (Å²) in [6.07, 6.45) is 1.39. The predicted molar refractivity (Wildman–Crippen MR) is 89.4 cm³/mol. The molecule has 0 spiro atoms. The molecule has 2 aliphatic rings. The Labute approximate surface area is 143 Å². The number of rotatable bonds is 4. The zero-order chi connectivity index (χ0) is 17.6. The molecule has 1 N–H and O–H groups in total. The van der Waals surface area contributed by atoms with Gasteiger partial charge in [0.15, 0.2) is 6.61 Å². The molecule has 7 nitrogen and oxygen atoms in total. The highest BCUT2D eigenvalue weighted by atomic mass is 16.5. The number of carbonyl (C=O) groups is 2. The van der Waals surface area contributed by atoms with Crippen LogP contribution < -0.4 is 15.7 Å². The molecule has 130 valence electrons. The summed E-state index contributed by atoms with van der Waals surface area (Å²) < 4.78 is 10.8. The zero-order valence-corrected chi connectivity index (χ0v) is 13.8. The molecule has 2 fully saturated rings. The minimum atomic E-state index is -0.406. The molecule has 2 atom stereocenters. The number of nitrogens with zero attached hydrogens (tertiary/aromatic N) is 1. The van der Waals surface area contributed by atoms with Crippen LogP contribution in [-0.2, 0) is 16.0 Å². The van der Waals surface area contributed by atoms with Gasteiger partial charge in [0.25, 0.3) is 5.91 Å². The average molecular weight is 342 g/mol. The lowest BCUT2D eigenvalue weighted by Gasteiger charge is -2.26. The van der Waals surface area contributed by atoms with E-state index in [0.717, 1.165) is 17.4 Å². The van der Waals surface area contributed by atoms with Gasteiger partial charge in [0.05, 0.1) is 0 Å². The summed E-state index contributed by atoms with van der Waals surface area (Å²) in [5.74, 6) is 0.140. The fourth-order valence-electron chi connectivity index (χ4n) is 3.58. The second-order valence-corrected chi connectivity index (χ2v) is 6.39. The first kappa shape index (κ1) is 15.7. The smallest absolute Gasteiger partial charge is 0.336 e. The molecule has 0 aliphatic carbocycles. The van der Waals surface area contributed by atoms with E-state index >= 15 is 0 Å². The third-order valence-corrected chi connectivity index (χ3v) is 4.82. The molecule has 2 saturated heterocycles. The van der Waals surface area contributed by atoms with Crippen LogP contribution in [0.2, 0.25) is 0 Å². The van der Waals surface area contributed by atoms with Crippen LogP contribution in [0.5, 0.6) is 5.75 Å². The van der Waals surface area contributed by atoms with Gasteiger partial charge in [0.2, 0.25) is 5.91 Å². The minimum Gasteiger partial charge on any atom is -0.484 e. The van der Waals surface area contributed by atoms with Gasteiger partial charge >= 0.3 is 5.63 Å². The molecular formula is C18H18N2O5. The first-order valence-electron chi connectivity index (χ1n) is 8.34. The van der Waals surface area contributed by atoms with E-state index in [0.29, 0.717) is 24.3 Å². The Morgan fingerprint density at radius 1 is 1.36 bits per heavy atom. The average Bonchev–Trinajstić information content (AvgIpc) is 3.17. The Morgan fingerprint density at radius 3 is 2.92 bits per heavy atom. The Morgan fingerprint density at radius 2 is 2.20 bits per heavy atom. The van der Waals surface area contributed by atoms with Gasteiger partial charge in [0, 0.05) is 30.1 Å². The number of piperazine rings is 1. The Balaban J connectivity index is 1.49. The summed E-state index contributed by atoms with van der Waals surface area (Å²) in [6.45, 7) is 2.35. The minimum absolute atomic E-state index is 0.0591. The maximum Gasteiger partial charge on any atom is 0.336 e. The van der Waals surface area contributed by atoms with E-state index in [1.54, 1.807) is 17.0 Å². The third kappa shape index (κ3) is 2.75. The standard InChI is InChI=1S/C18H18N2O5/c1-2-10-5-17(22)25-15-7-12(3-4-13(10)15)24-9-16(21)20-8-11-6-14(20)18(23)19-11/h3-5,7,11,14H,2,6,8-9H2,1H3,(H,19,23)/t11-,14-/m0/s1. The molecule has 4 rings (SSSR count). The van der Waals surface area contributed by atoms with Crippen LogP contribution in [0.3, 0.4) is 0 Å². The van der Waals surface area contributed by atoms with Gasteiger partial charge < -0.3 is 19.4 Å². The van der Waals surface area contributed by atoms with Crippen LogP contribution in [0.4, 0.5) is 0 Å². The van der Waals surface area contributed by atoms with Crippen LogP contribution in [-0.4, -0.2) is 41.9 Å². The number of ether oxygens (including phenoxy) is 1. The van der Waals surface area contributed by atoms with Crippen LogP contribution in [0, 0.1) is 0 Å². The van der Waals surface area contributed by atoms with Crippen molar-refractivity contribution in [1.82, 2.24) is 10.2 Å². The fourth-order valence-corrected chi connectivity index (χ4v) is 3.58. The highest BCUT2D eigenvalue weighted by Gasteiger charge is 2.46. The first-order valence-corrected chi connectivity index (χ1v) is 8.34.